The van der Waals surface area contributed by atoms with Gasteiger partial charge in [-0.2, -0.15) is 13.2 Å². The first-order valence-electron chi connectivity index (χ1n) is 12.1. The van der Waals surface area contributed by atoms with Crippen molar-refractivity contribution >= 4 is 33.2 Å². The quantitative estimate of drug-likeness (QED) is 0.299. The molecule has 6 nitrogen and oxygen atoms in total. The molecule has 1 N–H and O–H groups in total. The molecule has 1 atom stereocenters. The fourth-order valence-corrected chi connectivity index (χ4v) is 5.88. The third-order valence-corrected chi connectivity index (χ3v) is 8.36. The average Bonchev–Trinajstić information content (AvgIpc) is 2.87. The van der Waals surface area contributed by atoms with Gasteiger partial charge in [0.05, 0.1) is 34.3 Å². The number of rotatable bonds is 9. The van der Waals surface area contributed by atoms with Crippen molar-refractivity contribution in [2.75, 3.05) is 18.0 Å². The van der Waals surface area contributed by atoms with Crippen LogP contribution < -0.4 is 14.4 Å². The summed E-state index contributed by atoms with van der Waals surface area (Å²) in [4.78, 5) is 13.0. The van der Waals surface area contributed by atoms with Crippen LogP contribution in [0.25, 0.3) is 0 Å². The first-order chi connectivity index (χ1) is 18.2. The molecule has 1 amide bonds. The van der Waals surface area contributed by atoms with Crippen molar-refractivity contribution in [3.05, 3.63) is 87.9 Å². The summed E-state index contributed by atoms with van der Waals surface area (Å²) < 4.78 is 73.9. The van der Waals surface area contributed by atoms with Gasteiger partial charge in [-0.3, -0.25) is 9.10 Å². The van der Waals surface area contributed by atoms with Gasteiger partial charge >= 0.3 is 6.18 Å². The van der Waals surface area contributed by atoms with E-state index in [1.54, 1.807) is 20.1 Å². The highest BCUT2D eigenvalue weighted by Gasteiger charge is 2.35. The number of carbonyl (C=O) groups is 1. The summed E-state index contributed by atoms with van der Waals surface area (Å²) in [6.07, 6.45) is -4.83. The van der Waals surface area contributed by atoms with Crippen LogP contribution in [-0.2, 0) is 21.0 Å². The molecule has 0 radical (unpaired) electrons. The zero-order valence-corrected chi connectivity index (χ0v) is 23.7. The van der Waals surface area contributed by atoms with E-state index >= 15 is 0 Å². The van der Waals surface area contributed by atoms with Gasteiger partial charge in [-0.05, 0) is 78.9 Å². The fraction of sp³-hybridized carbons (Fsp3) is 0.321. The Morgan fingerprint density at radius 3 is 2.23 bits per heavy atom. The van der Waals surface area contributed by atoms with Crippen LogP contribution in [0.5, 0.6) is 5.75 Å². The number of hydrogen-bond acceptors (Lipinski definition) is 4. The van der Waals surface area contributed by atoms with Crippen molar-refractivity contribution in [1.82, 2.24) is 5.32 Å². The predicted molar refractivity (Wildman–Crippen MR) is 146 cm³/mol. The summed E-state index contributed by atoms with van der Waals surface area (Å²) >= 11 is 5.75. The maximum Gasteiger partial charge on any atom is 0.417 e. The molecule has 0 saturated carbocycles. The lowest BCUT2D eigenvalue weighted by atomic mass is 9.93. The highest BCUT2D eigenvalue weighted by Crippen LogP contribution is 2.38. The first-order valence-corrected chi connectivity index (χ1v) is 13.9. The highest BCUT2D eigenvalue weighted by atomic mass is 35.5. The van der Waals surface area contributed by atoms with Crippen LogP contribution in [0.15, 0.2) is 65.6 Å². The van der Waals surface area contributed by atoms with Gasteiger partial charge in [0.15, 0.2) is 0 Å². The molecule has 0 bridgehead atoms. The van der Waals surface area contributed by atoms with E-state index in [1.165, 1.54) is 24.3 Å². The number of anilines is 1. The Labute approximate surface area is 231 Å². The van der Waals surface area contributed by atoms with Crippen molar-refractivity contribution in [3.63, 3.8) is 0 Å². The van der Waals surface area contributed by atoms with Gasteiger partial charge in [0.25, 0.3) is 10.0 Å². The number of nitrogens with zero attached hydrogens (tertiary/aromatic N) is 1. The minimum absolute atomic E-state index is 0.140. The molecule has 0 aliphatic heterocycles. The molecule has 0 aliphatic carbocycles. The predicted octanol–water partition coefficient (Wildman–Crippen LogP) is 6.87. The molecular formula is C28H30ClF3N2O4S. The Morgan fingerprint density at radius 2 is 1.67 bits per heavy atom. The Kier molecular flexibility index (Phi) is 9.23. The van der Waals surface area contributed by atoms with Gasteiger partial charge < -0.3 is 10.1 Å². The number of carbonyl (C=O) groups excluding carboxylic acids is 1. The van der Waals surface area contributed by atoms with E-state index in [0.29, 0.717) is 16.1 Å². The maximum absolute atomic E-state index is 13.6. The smallest absolute Gasteiger partial charge is 0.417 e. The zero-order valence-electron chi connectivity index (χ0n) is 22.1. The molecule has 3 rings (SSSR count). The van der Waals surface area contributed by atoms with E-state index in [0.717, 1.165) is 28.8 Å². The standard InChI is InChI=1S/C28H30ClF3N2O4S/c1-17(2)22-15-23(18(3)13-26(22)38-5)19(4)33-27(35)16-34(39(36,37)21-9-7-6-8-10-21)20-11-12-25(29)24(14-20)28(30,31)32/h6-15,17,19H,16H2,1-5H3,(H,33,35)/t19-/m0/s1. The SMILES string of the molecule is COc1cc(C)c([C@H](C)NC(=O)CN(c2ccc(Cl)c(C(F)(F)F)c2)S(=O)(=O)c2ccccc2)cc1C(C)C. The summed E-state index contributed by atoms with van der Waals surface area (Å²) in [5.74, 6) is 0.154. The highest BCUT2D eigenvalue weighted by molar-refractivity contribution is 7.92. The van der Waals surface area contributed by atoms with Crippen LogP contribution in [0.4, 0.5) is 18.9 Å². The summed E-state index contributed by atoms with van der Waals surface area (Å²) in [5.41, 5.74) is 1.04. The Balaban J connectivity index is 2.00. The van der Waals surface area contributed by atoms with Gasteiger partial charge in [-0.15, -0.1) is 0 Å². The van der Waals surface area contributed by atoms with Crippen LogP contribution in [0, 0.1) is 6.92 Å². The summed E-state index contributed by atoms with van der Waals surface area (Å²) in [5, 5.41) is 2.20. The Bertz CT molecular complexity index is 1450. The Hall–Kier alpha value is -3.24. The van der Waals surface area contributed by atoms with E-state index in [4.69, 9.17) is 16.3 Å². The van der Waals surface area contributed by atoms with Gasteiger partial charge in [0, 0.05) is 0 Å². The zero-order chi connectivity index (χ0) is 29.1. The number of methoxy groups -OCH3 is 1. The van der Waals surface area contributed by atoms with E-state index in [2.05, 4.69) is 5.32 Å². The van der Waals surface area contributed by atoms with Gasteiger partial charge in [-0.25, -0.2) is 8.42 Å². The molecule has 0 heterocycles. The summed E-state index contributed by atoms with van der Waals surface area (Å²) in [7, 11) is -2.84. The number of alkyl halides is 3. The van der Waals surface area contributed by atoms with Gasteiger partial charge in [0.1, 0.15) is 12.3 Å². The molecular weight excluding hydrogens is 553 g/mol. The normalized spacial score (nSPS) is 12.8. The second-order valence-electron chi connectivity index (χ2n) is 9.38. The van der Waals surface area contributed by atoms with Crippen LogP contribution >= 0.6 is 11.6 Å². The number of sulfonamides is 1. The van der Waals surface area contributed by atoms with Crippen molar-refractivity contribution in [2.45, 2.75) is 50.7 Å². The number of hydrogen-bond donors (Lipinski definition) is 1. The summed E-state index contributed by atoms with van der Waals surface area (Å²) in [6.45, 7) is 6.87. The van der Waals surface area contributed by atoms with Crippen LogP contribution in [0.3, 0.4) is 0 Å². The number of nitrogens with one attached hydrogen (secondary N) is 1. The third kappa shape index (κ3) is 6.86. The van der Waals surface area contributed by atoms with Crippen LogP contribution in [0.2, 0.25) is 5.02 Å². The molecule has 0 unspecified atom stereocenters. The minimum atomic E-state index is -4.83. The third-order valence-electron chi connectivity index (χ3n) is 6.25. The molecule has 11 heteroatoms. The Morgan fingerprint density at radius 1 is 1.03 bits per heavy atom. The molecule has 0 saturated heterocycles. The second-order valence-corrected chi connectivity index (χ2v) is 11.7. The minimum Gasteiger partial charge on any atom is -0.496 e. The van der Waals surface area contributed by atoms with Crippen molar-refractivity contribution < 1.29 is 31.1 Å². The maximum atomic E-state index is 13.6. The molecule has 0 fully saturated rings. The first kappa shape index (κ1) is 30.3. The molecule has 0 aliphatic rings. The lowest BCUT2D eigenvalue weighted by Crippen LogP contribution is -2.41. The van der Waals surface area contributed by atoms with E-state index in [1.807, 2.05) is 32.9 Å². The number of ether oxygens (including phenoxy) is 1. The van der Waals surface area contributed by atoms with Crippen molar-refractivity contribution in [2.24, 2.45) is 0 Å². The lowest BCUT2D eigenvalue weighted by Gasteiger charge is -2.26. The monoisotopic (exact) mass is 582 g/mol. The molecule has 0 aromatic heterocycles. The van der Waals surface area contributed by atoms with Crippen LogP contribution in [-0.4, -0.2) is 28.0 Å². The number of benzene rings is 3. The molecule has 3 aromatic carbocycles. The van der Waals surface area contributed by atoms with E-state index < -0.39 is 45.3 Å². The molecule has 210 valence electrons. The molecule has 3 aromatic rings. The van der Waals surface area contributed by atoms with Crippen LogP contribution in [0.1, 0.15) is 55.0 Å². The average molecular weight is 583 g/mol. The lowest BCUT2D eigenvalue weighted by molar-refractivity contribution is -0.137. The number of aryl methyl sites for hydroxylation is 1. The number of halogens is 4. The second kappa shape index (κ2) is 11.9. The van der Waals surface area contributed by atoms with Crippen molar-refractivity contribution in [3.8, 4) is 5.75 Å². The van der Waals surface area contributed by atoms with Gasteiger partial charge in [-0.1, -0.05) is 43.6 Å². The van der Waals surface area contributed by atoms with E-state index in [9.17, 15) is 26.4 Å². The fourth-order valence-electron chi connectivity index (χ4n) is 4.23. The number of amides is 1. The molecule has 39 heavy (non-hydrogen) atoms. The largest absolute Gasteiger partial charge is 0.496 e. The molecule has 0 spiro atoms. The summed E-state index contributed by atoms with van der Waals surface area (Å²) in [6, 6.07) is 13.2. The topological polar surface area (TPSA) is 75.7 Å². The van der Waals surface area contributed by atoms with E-state index in [-0.39, 0.29) is 16.5 Å². The van der Waals surface area contributed by atoms with Gasteiger partial charge in [0.2, 0.25) is 5.91 Å². The van der Waals surface area contributed by atoms with Crippen molar-refractivity contribution in [1.29, 1.82) is 0 Å².